The predicted molar refractivity (Wildman–Crippen MR) is 86.3 cm³/mol. The summed E-state index contributed by atoms with van der Waals surface area (Å²) in [5, 5.41) is 20.7. The highest BCUT2D eigenvalue weighted by molar-refractivity contribution is 5.97. The van der Waals surface area contributed by atoms with Gasteiger partial charge >= 0.3 is 0 Å². The first-order valence-electron chi connectivity index (χ1n) is 8.23. The van der Waals surface area contributed by atoms with Crippen LogP contribution in [0, 0.1) is 11.3 Å². The van der Waals surface area contributed by atoms with E-state index in [0.717, 1.165) is 25.7 Å². The summed E-state index contributed by atoms with van der Waals surface area (Å²) >= 11 is 0. The lowest BCUT2D eigenvalue weighted by Crippen LogP contribution is -2.53. The summed E-state index contributed by atoms with van der Waals surface area (Å²) in [6, 6.07) is 3.69. The molecular weight excluding hydrogens is 276 g/mol. The Bertz CT molecular complexity index is 632. The van der Waals surface area contributed by atoms with Crippen molar-refractivity contribution in [2.24, 2.45) is 11.3 Å². The van der Waals surface area contributed by atoms with Crippen molar-refractivity contribution in [2.75, 3.05) is 0 Å². The summed E-state index contributed by atoms with van der Waals surface area (Å²) in [4.78, 5) is 11.7. The number of aromatic hydroxyl groups is 1. The lowest BCUT2D eigenvalue weighted by Gasteiger charge is -2.56. The number of hydrogen-bond acceptors (Lipinski definition) is 3. The highest BCUT2D eigenvalue weighted by atomic mass is 16.3. The summed E-state index contributed by atoms with van der Waals surface area (Å²) < 4.78 is 0. The third-order valence-corrected chi connectivity index (χ3v) is 6.38. The molecule has 1 fully saturated rings. The maximum absolute atomic E-state index is 11.7. The molecule has 2 N–H and O–H groups in total. The molecule has 0 aliphatic heterocycles. The molecule has 0 radical (unpaired) electrons. The smallest absolute Gasteiger partial charge is 0.163 e. The number of phenolic OH excluding ortho intramolecular Hbond substituents is 1. The van der Waals surface area contributed by atoms with Gasteiger partial charge < -0.3 is 10.2 Å². The van der Waals surface area contributed by atoms with Crippen molar-refractivity contribution < 1.29 is 15.0 Å². The Balaban J connectivity index is 2.13. The van der Waals surface area contributed by atoms with Gasteiger partial charge in [0.1, 0.15) is 5.75 Å². The van der Waals surface area contributed by atoms with Crippen LogP contribution >= 0.6 is 0 Å². The van der Waals surface area contributed by atoms with Gasteiger partial charge in [0.05, 0.1) is 11.7 Å². The normalized spacial score (nSPS) is 33.0. The van der Waals surface area contributed by atoms with Crippen molar-refractivity contribution in [3.05, 3.63) is 28.8 Å². The van der Waals surface area contributed by atoms with Gasteiger partial charge in [0.25, 0.3) is 0 Å². The molecule has 0 heterocycles. The summed E-state index contributed by atoms with van der Waals surface area (Å²) in [7, 11) is 0. The molecule has 3 nitrogen and oxygen atoms in total. The SMILES string of the molecule is CC(=O)c1cc2c(cc1O)[C@@]1(C)CC[C@H](O)C(C)(C)[C@@H]1CC2. The Morgan fingerprint density at radius 3 is 2.55 bits per heavy atom. The van der Waals surface area contributed by atoms with Gasteiger partial charge in [-0.2, -0.15) is 0 Å². The number of rotatable bonds is 1. The zero-order chi connectivity index (χ0) is 16.3. The van der Waals surface area contributed by atoms with Crippen molar-refractivity contribution in [3.63, 3.8) is 0 Å². The minimum atomic E-state index is -0.266. The van der Waals surface area contributed by atoms with Gasteiger partial charge in [0, 0.05) is 0 Å². The fraction of sp³-hybridized carbons (Fsp3) is 0.632. The number of carbonyl (C=O) groups is 1. The van der Waals surface area contributed by atoms with Crippen LogP contribution in [0.5, 0.6) is 5.75 Å². The van der Waals surface area contributed by atoms with Crippen LogP contribution in [0.2, 0.25) is 0 Å². The van der Waals surface area contributed by atoms with Crippen LogP contribution in [0.3, 0.4) is 0 Å². The first-order chi connectivity index (χ1) is 10.2. The molecule has 22 heavy (non-hydrogen) atoms. The number of phenols is 1. The summed E-state index contributed by atoms with van der Waals surface area (Å²) in [5.74, 6) is 0.392. The lowest BCUT2D eigenvalue weighted by molar-refractivity contribution is -0.0731. The Morgan fingerprint density at radius 2 is 1.91 bits per heavy atom. The maximum atomic E-state index is 11.7. The Hall–Kier alpha value is -1.35. The molecule has 2 aliphatic rings. The van der Waals surface area contributed by atoms with E-state index in [-0.39, 0.29) is 28.5 Å². The quantitative estimate of drug-likeness (QED) is 0.779. The molecule has 0 amide bonds. The number of carbonyl (C=O) groups excluding carboxylic acids is 1. The van der Waals surface area contributed by atoms with E-state index in [1.165, 1.54) is 18.1 Å². The van der Waals surface area contributed by atoms with E-state index in [2.05, 4.69) is 20.8 Å². The lowest BCUT2D eigenvalue weighted by atomic mass is 9.49. The summed E-state index contributed by atoms with van der Waals surface area (Å²) in [6.07, 6.45) is 3.38. The van der Waals surface area contributed by atoms with Gasteiger partial charge in [-0.25, -0.2) is 0 Å². The van der Waals surface area contributed by atoms with E-state index in [0.29, 0.717) is 11.5 Å². The average molecular weight is 302 g/mol. The molecule has 2 aliphatic carbocycles. The molecule has 120 valence electrons. The van der Waals surface area contributed by atoms with Crippen LogP contribution in [0.1, 0.15) is 68.4 Å². The third-order valence-electron chi connectivity index (χ3n) is 6.38. The first-order valence-corrected chi connectivity index (χ1v) is 8.23. The van der Waals surface area contributed by atoms with Crippen LogP contribution < -0.4 is 0 Å². The predicted octanol–water partition coefficient (Wildman–Crippen LogP) is 3.60. The second-order valence-corrected chi connectivity index (χ2v) is 7.97. The molecule has 1 aromatic rings. The van der Waals surface area contributed by atoms with Gasteiger partial charge in [-0.1, -0.05) is 20.8 Å². The van der Waals surface area contributed by atoms with Gasteiger partial charge in [-0.15, -0.1) is 0 Å². The molecule has 3 rings (SSSR count). The van der Waals surface area contributed by atoms with Gasteiger partial charge in [-0.05, 0) is 72.6 Å². The van der Waals surface area contributed by atoms with E-state index in [1.54, 1.807) is 0 Å². The standard InChI is InChI=1S/C19H26O3/c1-11(20)13-9-12-5-6-16-18(2,3)17(22)7-8-19(16,4)14(12)10-15(13)21/h9-10,16-17,21-22H,5-8H2,1-4H3/t16-,17-,19+/m0/s1. The number of ketones is 1. The van der Waals surface area contributed by atoms with Crippen LogP contribution in [-0.2, 0) is 11.8 Å². The van der Waals surface area contributed by atoms with E-state index >= 15 is 0 Å². The molecule has 0 unspecified atom stereocenters. The molecule has 0 spiro atoms. The van der Waals surface area contributed by atoms with E-state index < -0.39 is 0 Å². The van der Waals surface area contributed by atoms with Gasteiger partial charge in [0.15, 0.2) is 5.78 Å². The zero-order valence-corrected chi connectivity index (χ0v) is 13.9. The van der Waals surface area contributed by atoms with Crippen molar-refractivity contribution in [1.82, 2.24) is 0 Å². The van der Waals surface area contributed by atoms with Crippen molar-refractivity contribution >= 4 is 5.78 Å². The molecule has 1 saturated carbocycles. The maximum Gasteiger partial charge on any atom is 0.163 e. The minimum Gasteiger partial charge on any atom is -0.507 e. The van der Waals surface area contributed by atoms with E-state index in [9.17, 15) is 15.0 Å². The fourth-order valence-electron chi connectivity index (χ4n) is 5.00. The third kappa shape index (κ3) is 2.02. The minimum absolute atomic E-state index is 0.0386. The molecule has 0 saturated heterocycles. The number of aliphatic hydroxyl groups excluding tert-OH is 1. The number of aryl methyl sites for hydroxylation is 1. The number of hydrogen-bond donors (Lipinski definition) is 2. The first kappa shape index (κ1) is 15.5. The van der Waals surface area contributed by atoms with Gasteiger partial charge in [-0.3, -0.25) is 4.79 Å². The Labute approximate surface area is 132 Å². The monoisotopic (exact) mass is 302 g/mol. The number of fused-ring (bicyclic) bond motifs is 3. The van der Waals surface area contributed by atoms with Crippen molar-refractivity contribution in [2.45, 2.75) is 64.9 Å². The number of benzene rings is 1. The number of Topliss-reactive ketones (excluding diaryl/α,β-unsaturated/α-hetero) is 1. The molecule has 0 aromatic heterocycles. The van der Waals surface area contributed by atoms with Crippen LogP contribution in [0.15, 0.2) is 12.1 Å². The summed E-state index contributed by atoms with van der Waals surface area (Å²) in [5.41, 5.74) is 2.62. The zero-order valence-electron chi connectivity index (χ0n) is 13.9. The van der Waals surface area contributed by atoms with Gasteiger partial charge in [0.2, 0.25) is 0 Å². The largest absolute Gasteiger partial charge is 0.507 e. The summed E-state index contributed by atoms with van der Waals surface area (Å²) in [6.45, 7) is 8.08. The molecule has 1 aromatic carbocycles. The van der Waals surface area contributed by atoms with Crippen molar-refractivity contribution in [1.29, 1.82) is 0 Å². The second-order valence-electron chi connectivity index (χ2n) is 7.97. The topological polar surface area (TPSA) is 57.5 Å². The number of aliphatic hydroxyl groups is 1. The molecule has 0 bridgehead atoms. The average Bonchev–Trinajstić information content (AvgIpc) is 2.43. The Kier molecular flexibility index (Phi) is 3.41. The van der Waals surface area contributed by atoms with Crippen LogP contribution in [0.4, 0.5) is 0 Å². The molecular formula is C19H26O3. The highest BCUT2D eigenvalue weighted by Crippen LogP contribution is 2.57. The highest BCUT2D eigenvalue weighted by Gasteiger charge is 2.53. The Morgan fingerprint density at radius 1 is 1.23 bits per heavy atom. The molecule has 3 atom stereocenters. The van der Waals surface area contributed by atoms with Crippen molar-refractivity contribution in [3.8, 4) is 5.75 Å². The second kappa shape index (κ2) is 4.82. The molecule has 3 heteroatoms. The van der Waals surface area contributed by atoms with Crippen LogP contribution in [-0.4, -0.2) is 22.1 Å². The van der Waals surface area contributed by atoms with E-state index in [1.807, 2.05) is 12.1 Å². The van der Waals surface area contributed by atoms with E-state index in [4.69, 9.17) is 0 Å². The fourth-order valence-corrected chi connectivity index (χ4v) is 5.00. The van der Waals surface area contributed by atoms with Crippen LogP contribution in [0.25, 0.3) is 0 Å².